The van der Waals surface area contributed by atoms with E-state index in [0.717, 1.165) is 19.4 Å². The van der Waals surface area contributed by atoms with Gasteiger partial charge < -0.3 is 11.5 Å². The van der Waals surface area contributed by atoms with Crippen LogP contribution in [0.25, 0.3) is 0 Å². The van der Waals surface area contributed by atoms with Gasteiger partial charge >= 0.3 is 0 Å². The Labute approximate surface area is 72.9 Å². The molecule has 4 N–H and O–H groups in total. The molecule has 1 amide bonds. The molecule has 4 nitrogen and oxygen atoms in total. The van der Waals surface area contributed by atoms with Crippen molar-refractivity contribution in [3.8, 4) is 0 Å². The number of nitrogens with two attached hydrogens (primary N) is 2. The Morgan fingerprint density at radius 3 is 2.75 bits per heavy atom. The summed E-state index contributed by atoms with van der Waals surface area (Å²) in [5.41, 5.74) is 10.6. The van der Waals surface area contributed by atoms with E-state index in [9.17, 15) is 4.79 Å². The first-order chi connectivity index (χ1) is 5.66. The van der Waals surface area contributed by atoms with E-state index in [4.69, 9.17) is 11.5 Å². The van der Waals surface area contributed by atoms with E-state index < -0.39 is 0 Å². The number of primary amides is 1. The summed E-state index contributed by atoms with van der Waals surface area (Å²) in [6.45, 7) is 3.74. The largest absolute Gasteiger partial charge is 0.368 e. The molecule has 1 fully saturated rings. The van der Waals surface area contributed by atoms with E-state index in [1.54, 1.807) is 0 Å². The van der Waals surface area contributed by atoms with Gasteiger partial charge in [0.2, 0.25) is 5.91 Å². The second kappa shape index (κ2) is 3.87. The second-order valence-corrected chi connectivity index (χ2v) is 3.37. The molecule has 12 heavy (non-hydrogen) atoms. The molecule has 1 aliphatic rings. The van der Waals surface area contributed by atoms with E-state index in [2.05, 4.69) is 11.8 Å². The van der Waals surface area contributed by atoms with Gasteiger partial charge in [-0.15, -0.1) is 0 Å². The van der Waals surface area contributed by atoms with Crippen LogP contribution in [-0.4, -0.2) is 36.0 Å². The predicted molar refractivity (Wildman–Crippen MR) is 47.4 cm³/mol. The molecule has 0 saturated carbocycles. The molecular weight excluding hydrogens is 154 g/mol. The minimum atomic E-state index is -0.204. The third-order valence-corrected chi connectivity index (χ3v) is 2.54. The number of rotatable bonds is 4. The second-order valence-electron chi connectivity index (χ2n) is 3.37. The van der Waals surface area contributed by atoms with Crippen molar-refractivity contribution in [2.75, 3.05) is 13.1 Å². The normalized spacial score (nSPS) is 26.3. The number of hydrogen-bond donors (Lipinski definition) is 2. The molecule has 1 rings (SSSR count). The van der Waals surface area contributed by atoms with Crippen molar-refractivity contribution in [1.82, 2.24) is 4.90 Å². The first-order valence-electron chi connectivity index (χ1n) is 4.42. The molecule has 4 heteroatoms. The van der Waals surface area contributed by atoms with E-state index >= 15 is 0 Å². The van der Waals surface area contributed by atoms with Gasteiger partial charge in [-0.1, -0.05) is 0 Å². The minimum absolute atomic E-state index is 0.0356. The summed E-state index contributed by atoms with van der Waals surface area (Å²) < 4.78 is 0. The Morgan fingerprint density at radius 1 is 1.75 bits per heavy atom. The zero-order valence-corrected chi connectivity index (χ0v) is 7.49. The minimum Gasteiger partial charge on any atom is -0.368 e. The highest BCUT2D eigenvalue weighted by Gasteiger charge is 2.34. The fourth-order valence-corrected chi connectivity index (χ4v) is 1.65. The van der Waals surface area contributed by atoms with Crippen LogP contribution in [0.1, 0.15) is 19.8 Å². The zero-order chi connectivity index (χ0) is 9.14. The van der Waals surface area contributed by atoms with Crippen LogP contribution in [0.15, 0.2) is 0 Å². The topological polar surface area (TPSA) is 72.3 Å². The lowest BCUT2D eigenvalue weighted by molar-refractivity contribution is -0.129. The van der Waals surface area contributed by atoms with Gasteiger partial charge in [0, 0.05) is 12.6 Å². The lowest BCUT2D eigenvalue weighted by atomic mass is 9.98. The Hall–Kier alpha value is -0.610. The number of amides is 1. The van der Waals surface area contributed by atoms with Crippen LogP contribution in [0.3, 0.4) is 0 Å². The molecule has 70 valence electrons. The molecule has 1 saturated heterocycles. The predicted octanol–water partition coefficient (Wildman–Crippen LogP) is -0.717. The molecule has 2 unspecified atom stereocenters. The molecule has 2 atom stereocenters. The Bertz CT molecular complexity index is 172. The van der Waals surface area contributed by atoms with Crippen LogP contribution in [0.5, 0.6) is 0 Å². The monoisotopic (exact) mass is 171 g/mol. The maximum Gasteiger partial charge on any atom is 0.234 e. The number of carbonyl (C=O) groups excluding carboxylic acids is 1. The third-order valence-electron chi connectivity index (χ3n) is 2.54. The summed E-state index contributed by atoms with van der Waals surface area (Å²) >= 11 is 0. The summed E-state index contributed by atoms with van der Waals surface area (Å²) in [4.78, 5) is 13.0. The van der Waals surface area contributed by atoms with Crippen molar-refractivity contribution in [3.05, 3.63) is 0 Å². The quantitative estimate of drug-likeness (QED) is 0.586. The zero-order valence-electron chi connectivity index (χ0n) is 7.49. The summed E-state index contributed by atoms with van der Waals surface area (Å²) in [6.07, 6.45) is 1.84. The maximum atomic E-state index is 10.8. The standard InChI is InChI=1S/C8H17N3O/c1-6(2-4-9)11-5-3-7(11)8(10)12/h6-7H,2-5,9H2,1H3,(H2,10,12). The fourth-order valence-electron chi connectivity index (χ4n) is 1.65. The smallest absolute Gasteiger partial charge is 0.234 e. The molecule has 1 aliphatic heterocycles. The third kappa shape index (κ3) is 1.76. The summed E-state index contributed by atoms with van der Waals surface area (Å²) in [5, 5.41) is 0. The van der Waals surface area contributed by atoms with Crippen LogP contribution in [0, 0.1) is 0 Å². The molecule has 0 aromatic heterocycles. The molecule has 0 aromatic carbocycles. The summed E-state index contributed by atoms with van der Waals surface area (Å²) in [5.74, 6) is -0.204. The Kier molecular flexibility index (Phi) is 3.05. The van der Waals surface area contributed by atoms with Crippen molar-refractivity contribution in [3.63, 3.8) is 0 Å². The van der Waals surface area contributed by atoms with Crippen LogP contribution in [-0.2, 0) is 4.79 Å². The molecule has 1 heterocycles. The van der Waals surface area contributed by atoms with E-state index in [1.165, 1.54) is 0 Å². The highest BCUT2D eigenvalue weighted by atomic mass is 16.1. The Balaban J connectivity index is 2.37. The lowest BCUT2D eigenvalue weighted by Gasteiger charge is -2.43. The van der Waals surface area contributed by atoms with Crippen molar-refractivity contribution >= 4 is 5.91 Å². The average molecular weight is 171 g/mol. The van der Waals surface area contributed by atoms with Crippen LogP contribution in [0.4, 0.5) is 0 Å². The molecule has 0 radical (unpaired) electrons. The van der Waals surface area contributed by atoms with Gasteiger partial charge in [-0.25, -0.2) is 0 Å². The highest BCUT2D eigenvalue weighted by Crippen LogP contribution is 2.21. The van der Waals surface area contributed by atoms with Crippen LogP contribution >= 0.6 is 0 Å². The Morgan fingerprint density at radius 2 is 2.42 bits per heavy atom. The van der Waals surface area contributed by atoms with Crippen molar-refractivity contribution < 1.29 is 4.79 Å². The molecule has 0 aromatic rings. The van der Waals surface area contributed by atoms with Crippen molar-refractivity contribution in [2.45, 2.75) is 31.8 Å². The van der Waals surface area contributed by atoms with Gasteiger partial charge in [-0.3, -0.25) is 9.69 Å². The number of hydrogen-bond acceptors (Lipinski definition) is 3. The summed E-state index contributed by atoms with van der Waals surface area (Å²) in [6, 6.07) is 0.354. The SMILES string of the molecule is CC(CCN)N1CCC1C(N)=O. The average Bonchev–Trinajstić information content (AvgIpc) is 1.82. The molecular formula is C8H17N3O. The van der Waals surface area contributed by atoms with Gasteiger partial charge in [-0.2, -0.15) is 0 Å². The number of carbonyl (C=O) groups is 1. The van der Waals surface area contributed by atoms with Crippen LogP contribution < -0.4 is 11.5 Å². The molecule has 0 aliphatic carbocycles. The van der Waals surface area contributed by atoms with Gasteiger partial charge in [0.15, 0.2) is 0 Å². The van der Waals surface area contributed by atoms with Crippen molar-refractivity contribution in [2.24, 2.45) is 11.5 Å². The lowest BCUT2D eigenvalue weighted by Crippen LogP contribution is -2.58. The number of likely N-dealkylation sites (tertiary alicyclic amines) is 1. The highest BCUT2D eigenvalue weighted by molar-refractivity contribution is 5.80. The molecule has 0 spiro atoms. The van der Waals surface area contributed by atoms with Gasteiger partial charge in [-0.05, 0) is 26.3 Å². The van der Waals surface area contributed by atoms with Gasteiger partial charge in [0.25, 0.3) is 0 Å². The van der Waals surface area contributed by atoms with Gasteiger partial charge in [0.1, 0.15) is 0 Å². The van der Waals surface area contributed by atoms with E-state index in [0.29, 0.717) is 12.6 Å². The number of nitrogens with zero attached hydrogens (tertiary/aromatic N) is 1. The van der Waals surface area contributed by atoms with Gasteiger partial charge in [0.05, 0.1) is 6.04 Å². The first kappa shape index (κ1) is 9.48. The van der Waals surface area contributed by atoms with Crippen LogP contribution in [0.2, 0.25) is 0 Å². The summed E-state index contributed by atoms with van der Waals surface area (Å²) in [7, 11) is 0. The first-order valence-corrected chi connectivity index (χ1v) is 4.42. The fraction of sp³-hybridized carbons (Fsp3) is 0.875. The van der Waals surface area contributed by atoms with E-state index in [-0.39, 0.29) is 11.9 Å². The van der Waals surface area contributed by atoms with Crippen molar-refractivity contribution in [1.29, 1.82) is 0 Å². The maximum absolute atomic E-state index is 10.8. The van der Waals surface area contributed by atoms with E-state index in [1.807, 2.05) is 0 Å². The molecule has 0 bridgehead atoms.